The highest BCUT2D eigenvalue weighted by Crippen LogP contribution is 2.37. The highest BCUT2D eigenvalue weighted by atomic mass is 35.5. The third kappa shape index (κ3) is 5.79. The standard InChI is InChI=1S/C26H25ClFN3O2S/c1-16-6-4-5-7-17(16)15-32-19-9-11-24-20(13-19)23(14-26(2,3)33-24)30-31-25(34)29-18-8-10-22(28)21(27)12-18/h4-14,30H,15H2,1-3H3,(H2,29,31,34). The van der Waals surface area contributed by atoms with E-state index >= 15 is 0 Å². The molecular formula is C26H25ClFN3O2S. The van der Waals surface area contributed by atoms with Gasteiger partial charge in [0.1, 0.15) is 29.5 Å². The highest BCUT2D eigenvalue weighted by Gasteiger charge is 2.27. The molecule has 0 spiro atoms. The van der Waals surface area contributed by atoms with Gasteiger partial charge in [-0.15, -0.1) is 0 Å². The summed E-state index contributed by atoms with van der Waals surface area (Å²) >= 11 is 11.2. The van der Waals surface area contributed by atoms with E-state index in [-0.39, 0.29) is 5.02 Å². The van der Waals surface area contributed by atoms with Crippen molar-refractivity contribution in [3.8, 4) is 11.5 Å². The molecule has 3 aromatic carbocycles. The van der Waals surface area contributed by atoms with E-state index < -0.39 is 11.4 Å². The van der Waals surface area contributed by atoms with Crippen molar-refractivity contribution in [1.82, 2.24) is 10.9 Å². The molecule has 3 aromatic rings. The number of hydrazine groups is 1. The Kier molecular flexibility index (Phi) is 6.95. The number of halogens is 2. The lowest BCUT2D eigenvalue weighted by Gasteiger charge is -2.32. The fourth-order valence-electron chi connectivity index (χ4n) is 3.53. The number of thiocarbonyl (C=S) groups is 1. The molecule has 0 saturated carbocycles. The number of anilines is 1. The largest absolute Gasteiger partial charge is 0.489 e. The lowest BCUT2D eigenvalue weighted by Crippen LogP contribution is -2.41. The normalized spacial score (nSPS) is 13.7. The van der Waals surface area contributed by atoms with Crippen molar-refractivity contribution < 1.29 is 13.9 Å². The van der Waals surface area contributed by atoms with Crippen LogP contribution in [0.4, 0.5) is 10.1 Å². The zero-order chi connectivity index (χ0) is 24.3. The summed E-state index contributed by atoms with van der Waals surface area (Å²) in [4.78, 5) is 0. The first-order chi connectivity index (χ1) is 16.2. The number of hydrogen-bond donors (Lipinski definition) is 3. The summed E-state index contributed by atoms with van der Waals surface area (Å²) in [6, 6.07) is 18.2. The highest BCUT2D eigenvalue weighted by molar-refractivity contribution is 7.80. The summed E-state index contributed by atoms with van der Waals surface area (Å²) in [5.74, 6) is 0.958. The van der Waals surface area contributed by atoms with Gasteiger partial charge in [0.2, 0.25) is 0 Å². The van der Waals surface area contributed by atoms with Crippen molar-refractivity contribution >= 4 is 40.3 Å². The molecule has 4 rings (SSSR count). The predicted molar refractivity (Wildman–Crippen MR) is 139 cm³/mol. The zero-order valence-corrected chi connectivity index (χ0v) is 20.6. The van der Waals surface area contributed by atoms with E-state index in [0.717, 1.165) is 28.3 Å². The Morgan fingerprint density at radius 2 is 1.91 bits per heavy atom. The molecule has 1 aliphatic rings. The topological polar surface area (TPSA) is 54.5 Å². The molecule has 0 unspecified atom stereocenters. The summed E-state index contributed by atoms with van der Waals surface area (Å²) in [5.41, 5.74) is 10.1. The summed E-state index contributed by atoms with van der Waals surface area (Å²) in [7, 11) is 0. The quantitative estimate of drug-likeness (QED) is 0.272. The van der Waals surface area contributed by atoms with Gasteiger partial charge in [0.25, 0.3) is 0 Å². The maximum absolute atomic E-state index is 13.4. The summed E-state index contributed by atoms with van der Waals surface area (Å²) in [6.45, 7) is 6.47. The van der Waals surface area contributed by atoms with Gasteiger partial charge >= 0.3 is 0 Å². The number of rotatable bonds is 6. The predicted octanol–water partition coefficient (Wildman–Crippen LogP) is 6.37. The van der Waals surface area contributed by atoms with Gasteiger partial charge in [-0.05, 0) is 86.6 Å². The van der Waals surface area contributed by atoms with Gasteiger partial charge in [-0.3, -0.25) is 10.9 Å². The van der Waals surface area contributed by atoms with Crippen molar-refractivity contribution in [2.45, 2.75) is 33.0 Å². The van der Waals surface area contributed by atoms with E-state index in [2.05, 4.69) is 35.2 Å². The molecule has 1 aliphatic heterocycles. The van der Waals surface area contributed by atoms with Crippen LogP contribution in [0.3, 0.4) is 0 Å². The molecule has 0 fully saturated rings. The summed E-state index contributed by atoms with van der Waals surface area (Å²) < 4.78 is 25.6. The maximum Gasteiger partial charge on any atom is 0.189 e. The van der Waals surface area contributed by atoms with Crippen LogP contribution in [-0.4, -0.2) is 10.7 Å². The molecular weight excluding hydrogens is 473 g/mol. The van der Waals surface area contributed by atoms with E-state index in [9.17, 15) is 4.39 Å². The molecule has 0 aromatic heterocycles. The monoisotopic (exact) mass is 497 g/mol. The lowest BCUT2D eigenvalue weighted by atomic mass is 9.99. The van der Waals surface area contributed by atoms with Crippen molar-refractivity contribution in [2.24, 2.45) is 0 Å². The molecule has 34 heavy (non-hydrogen) atoms. The van der Waals surface area contributed by atoms with Crippen LogP contribution in [0.2, 0.25) is 5.02 Å². The van der Waals surface area contributed by atoms with E-state index in [1.807, 2.05) is 50.3 Å². The molecule has 1 heterocycles. The number of nitrogens with one attached hydrogen (secondary N) is 3. The van der Waals surface area contributed by atoms with Crippen LogP contribution >= 0.6 is 23.8 Å². The molecule has 3 N–H and O–H groups in total. The van der Waals surface area contributed by atoms with Crippen LogP contribution in [0.25, 0.3) is 5.70 Å². The second-order valence-corrected chi connectivity index (χ2v) is 9.29. The minimum Gasteiger partial charge on any atom is -0.489 e. The van der Waals surface area contributed by atoms with Crippen molar-refractivity contribution in [3.63, 3.8) is 0 Å². The molecule has 176 valence electrons. The van der Waals surface area contributed by atoms with Gasteiger partial charge in [-0.2, -0.15) is 0 Å². The van der Waals surface area contributed by atoms with Crippen LogP contribution in [0.1, 0.15) is 30.5 Å². The Hall–Kier alpha value is -3.29. The first-order valence-corrected chi connectivity index (χ1v) is 11.5. The van der Waals surface area contributed by atoms with Gasteiger partial charge in [-0.1, -0.05) is 35.9 Å². The van der Waals surface area contributed by atoms with E-state index in [4.69, 9.17) is 33.3 Å². The summed E-state index contributed by atoms with van der Waals surface area (Å²) in [5, 5.41) is 3.28. The average molecular weight is 498 g/mol. The van der Waals surface area contributed by atoms with Crippen LogP contribution in [0, 0.1) is 12.7 Å². The van der Waals surface area contributed by atoms with Crippen LogP contribution < -0.4 is 25.6 Å². The molecule has 5 nitrogen and oxygen atoms in total. The van der Waals surface area contributed by atoms with Gasteiger partial charge in [0, 0.05) is 11.3 Å². The number of benzene rings is 3. The van der Waals surface area contributed by atoms with Gasteiger partial charge in [0.05, 0.1) is 10.7 Å². The third-order valence-corrected chi connectivity index (χ3v) is 5.74. The smallest absolute Gasteiger partial charge is 0.189 e. The van der Waals surface area contributed by atoms with Crippen LogP contribution in [0.5, 0.6) is 11.5 Å². The zero-order valence-electron chi connectivity index (χ0n) is 19.0. The Labute approximate surface area is 208 Å². The van der Waals surface area contributed by atoms with Crippen molar-refractivity contribution in [1.29, 1.82) is 0 Å². The molecule has 0 atom stereocenters. The molecule has 0 saturated heterocycles. The van der Waals surface area contributed by atoms with Gasteiger partial charge in [-0.25, -0.2) is 4.39 Å². The van der Waals surface area contributed by atoms with E-state index in [1.54, 1.807) is 6.07 Å². The number of ether oxygens (including phenoxy) is 2. The van der Waals surface area contributed by atoms with Gasteiger partial charge in [0.15, 0.2) is 5.11 Å². The van der Waals surface area contributed by atoms with Crippen molar-refractivity contribution in [3.05, 3.63) is 94.3 Å². The second kappa shape index (κ2) is 9.91. The Bertz CT molecular complexity index is 1260. The fourth-order valence-corrected chi connectivity index (χ4v) is 3.88. The van der Waals surface area contributed by atoms with Crippen LogP contribution in [-0.2, 0) is 6.61 Å². The molecule has 0 bridgehead atoms. The molecule has 0 amide bonds. The average Bonchev–Trinajstić information content (AvgIpc) is 2.79. The third-order valence-electron chi connectivity index (χ3n) is 5.25. The molecule has 0 aliphatic carbocycles. The van der Waals surface area contributed by atoms with E-state index in [0.29, 0.717) is 17.4 Å². The maximum atomic E-state index is 13.4. The minimum atomic E-state index is -0.528. The first kappa shape index (κ1) is 23.9. The Balaban J connectivity index is 1.47. The SMILES string of the molecule is Cc1ccccc1COc1ccc2c(c1)C(NNC(=S)Nc1ccc(F)c(Cl)c1)=CC(C)(C)O2. The Morgan fingerprint density at radius 1 is 1.12 bits per heavy atom. The number of aryl methyl sites for hydroxylation is 1. The van der Waals surface area contributed by atoms with Gasteiger partial charge < -0.3 is 14.8 Å². The molecule has 8 heteroatoms. The lowest BCUT2D eigenvalue weighted by molar-refractivity contribution is 0.157. The fraction of sp³-hybridized carbons (Fsp3) is 0.192. The van der Waals surface area contributed by atoms with E-state index in [1.165, 1.54) is 17.7 Å². The first-order valence-electron chi connectivity index (χ1n) is 10.7. The minimum absolute atomic E-state index is 0.0156. The molecule has 0 radical (unpaired) electrons. The van der Waals surface area contributed by atoms with Crippen molar-refractivity contribution in [2.75, 3.05) is 5.32 Å². The number of fused-ring (bicyclic) bond motifs is 1. The number of hydrogen-bond acceptors (Lipinski definition) is 4. The summed E-state index contributed by atoms with van der Waals surface area (Å²) in [6.07, 6.45) is 1.96. The Morgan fingerprint density at radius 3 is 2.68 bits per heavy atom. The second-order valence-electron chi connectivity index (χ2n) is 8.47. The van der Waals surface area contributed by atoms with Crippen LogP contribution in [0.15, 0.2) is 66.7 Å².